The zero-order valence-electron chi connectivity index (χ0n) is 15.9. The Balaban J connectivity index is 1.71. The summed E-state index contributed by atoms with van der Waals surface area (Å²) in [7, 11) is 0. The Hall–Kier alpha value is -3.09. The summed E-state index contributed by atoms with van der Waals surface area (Å²) >= 11 is 0. The van der Waals surface area contributed by atoms with E-state index >= 15 is 0 Å². The van der Waals surface area contributed by atoms with Crippen LogP contribution < -0.4 is 5.32 Å². The Labute approximate surface area is 158 Å². The highest BCUT2D eigenvalue weighted by Crippen LogP contribution is 2.23. The molecule has 2 aromatic heterocycles. The maximum absolute atomic E-state index is 12.5. The van der Waals surface area contributed by atoms with Crippen molar-refractivity contribution in [1.82, 2.24) is 30.0 Å². The van der Waals surface area contributed by atoms with Gasteiger partial charge in [0.15, 0.2) is 0 Å². The predicted octanol–water partition coefficient (Wildman–Crippen LogP) is 2.81. The number of carbonyl (C=O) groups excluding carboxylic acids is 1. The SMILES string of the molecule is CCCc1cnc(C)nc1-c1ccc(C(=O)N[C@H](C)Cn2cncn2)cc1. The molecule has 140 valence electrons. The molecule has 0 radical (unpaired) electrons. The molecular weight excluding hydrogens is 340 g/mol. The fraction of sp³-hybridized carbons (Fsp3) is 0.350. The highest BCUT2D eigenvalue weighted by Gasteiger charge is 2.12. The Morgan fingerprint density at radius 3 is 2.70 bits per heavy atom. The Morgan fingerprint density at radius 1 is 1.26 bits per heavy atom. The molecule has 0 saturated heterocycles. The van der Waals surface area contributed by atoms with Crippen LogP contribution in [0.2, 0.25) is 0 Å². The molecule has 0 spiro atoms. The van der Waals surface area contributed by atoms with Gasteiger partial charge in [-0.05, 0) is 38.0 Å². The van der Waals surface area contributed by atoms with Gasteiger partial charge in [-0.25, -0.2) is 15.0 Å². The van der Waals surface area contributed by atoms with E-state index in [1.165, 1.54) is 6.33 Å². The number of amides is 1. The Morgan fingerprint density at radius 2 is 2.04 bits per heavy atom. The Bertz CT molecular complexity index is 889. The molecule has 3 rings (SSSR count). The summed E-state index contributed by atoms with van der Waals surface area (Å²) in [5.74, 6) is 0.635. The molecule has 1 N–H and O–H groups in total. The summed E-state index contributed by atoms with van der Waals surface area (Å²) < 4.78 is 1.70. The first-order valence-corrected chi connectivity index (χ1v) is 9.13. The average Bonchev–Trinajstić information content (AvgIpc) is 3.16. The van der Waals surface area contributed by atoms with Crippen molar-refractivity contribution in [3.05, 3.63) is 60.1 Å². The predicted molar refractivity (Wildman–Crippen MR) is 103 cm³/mol. The molecule has 2 heterocycles. The van der Waals surface area contributed by atoms with Crippen molar-refractivity contribution < 1.29 is 4.79 Å². The van der Waals surface area contributed by atoms with Gasteiger partial charge in [-0.15, -0.1) is 0 Å². The number of nitrogens with one attached hydrogen (secondary N) is 1. The van der Waals surface area contributed by atoms with Gasteiger partial charge in [-0.3, -0.25) is 9.48 Å². The average molecular weight is 364 g/mol. The molecule has 0 saturated carbocycles. The van der Waals surface area contributed by atoms with Crippen LogP contribution in [0.15, 0.2) is 43.1 Å². The van der Waals surface area contributed by atoms with E-state index in [0.717, 1.165) is 35.5 Å². The van der Waals surface area contributed by atoms with E-state index in [0.29, 0.717) is 12.1 Å². The smallest absolute Gasteiger partial charge is 0.251 e. The van der Waals surface area contributed by atoms with Gasteiger partial charge in [0, 0.05) is 23.4 Å². The van der Waals surface area contributed by atoms with Crippen molar-refractivity contribution in [3.8, 4) is 11.3 Å². The van der Waals surface area contributed by atoms with Crippen molar-refractivity contribution >= 4 is 5.91 Å². The van der Waals surface area contributed by atoms with E-state index in [9.17, 15) is 4.79 Å². The molecule has 0 bridgehead atoms. The first kappa shape index (κ1) is 18.7. The lowest BCUT2D eigenvalue weighted by atomic mass is 10.0. The summed E-state index contributed by atoms with van der Waals surface area (Å²) in [4.78, 5) is 25.3. The third kappa shape index (κ3) is 4.75. The summed E-state index contributed by atoms with van der Waals surface area (Å²) in [5.41, 5.74) is 3.68. The number of hydrogen-bond donors (Lipinski definition) is 1. The van der Waals surface area contributed by atoms with Gasteiger partial charge in [0.1, 0.15) is 18.5 Å². The highest BCUT2D eigenvalue weighted by atomic mass is 16.1. The van der Waals surface area contributed by atoms with Crippen LogP contribution in [0.3, 0.4) is 0 Å². The van der Waals surface area contributed by atoms with Gasteiger partial charge >= 0.3 is 0 Å². The molecule has 3 aromatic rings. The summed E-state index contributed by atoms with van der Waals surface area (Å²) in [6.07, 6.45) is 6.97. The second-order valence-electron chi connectivity index (χ2n) is 6.61. The van der Waals surface area contributed by atoms with Gasteiger partial charge < -0.3 is 5.32 Å². The van der Waals surface area contributed by atoms with E-state index in [1.807, 2.05) is 44.3 Å². The van der Waals surface area contributed by atoms with Crippen LogP contribution in [0.25, 0.3) is 11.3 Å². The van der Waals surface area contributed by atoms with E-state index in [2.05, 4.69) is 32.3 Å². The topological polar surface area (TPSA) is 85.6 Å². The molecule has 0 aliphatic heterocycles. The lowest BCUT2D eigenvalue weighted by molar-refractivity contribution is 0.0936. The maximum Gasteiger partial charge on any atom is 0.251 e. The Kier molecular flexibility index (Phi) is 5.90. The van der Waals surface area contributed by atoms with Crippen LogP contribution in [0.4, 0.5) is 0 Å². The maximum atomic E-state index is 12.5. The minimum absolute atomic E-state index is 0.0560. The fourth-order valence-corrected chi connectivity index (χ4v) is 2.94. The molecule has 0 unspecified atom stereocenters. The number of aromatic nitrogens is 5. The van der Waals surface area contributed by atoms with Crippen LogP contribution in [0, 0.1) is 6.92 Å². The van der Waals surface area contributed by atoms with E-state index in [4.69, 9.17) is 0 Å². The molecule has 7 heteroatoms. The van der Waals surface area contributed by atoms with Gasteiger partial charge in [0.2, 0.25) is 0 Å². The third-order valence-electron chi connectivity index (χ3n) is 4.23. The second kappa shape index (κ2) is 8.53. The molecule has 1 amide bonds. The number of benzene rings is 1. The summed E-state index contributed by atoms with van der Waals surface area (Å²) in [6.45, 7) is 6.54. The fourth-order valence-electron chi connectivity index (χ4n) is 2.94. The standard InChI is InChI=1S/C20H24N6O/c1-4-5-18-10-22-15(3)25-19(18)16-6-8-17(9-7-16)20(27)24-14(2)11-26-13-21-12-23-26/h6-10,12-14H,4-5,11H2,1-3H3,(H,24,27)/t14-/m1/s1. The largest absolute Gasteiger partial charge is 0.348 e. The van der Waals surface area contributed by atoms with Crippen LogP contribution in [0.1, 0.15) is 42.0 Å². The molecule has 7 nitrogen and oxygen atoms in total. The third-order valence-corrected chi connectivity index (χ3v) is 4.23. The van der Waals surface area contributed by atoms with E-state index in [1.54, 1.807) is 11.0 Å². The number of rotatable bonds is 7. The van der Waals surface area contributed by atoms with Crippen molar-refractivity contribution in [2.24, 2.45) is 0 Å². The van der Waals surface area contributed by atoms with Gasteiger partial charge in [-0.1, -0.05) is 25.5 Å². The van der Waals surface area contributed by atoms with Crippen molar-refractivity contribution in [2.75, 3.05) is 0 Å². The first-order chi connectivity index (χ1) is 13.1. The zero-order valence-corrected chi connectivity index (χ0v) is 15.9. The minimum Gasteiger partial charge on any atom is -0.348 e. The van der Waals surface area contributed by atoms with Crippen LogP contribution >= 0.6 is 0 Å². The lowest BCUT2D eigenvalue weighted by Crippen LogP contribution is -2.35. The molecule has 0 aliphatic rings. The first-order valence-electron chi connectivity index (χ1n) is 9.13. The number of hydrogen-bond acceptors (Lipinski definition) is 5. The second-order valence-corrected chi connectivity index (χ2v) is 6.61. The molecule has 0 fully saturated rings. The normalized spacial score (nSPS) is 12.0. The zero-order chi connectivity index (χ0) is 19.2. The molecular formula is C20H24N6O. The van der Waals surface area contributed by atoms with E-state index < -0.39 is 0 Å². The van der Waals surface area contributed by atoms with Gasteiger partial charge in [0.25, 0.3) is 5.91 Å². The number of carbonyl (C=O) groups is 1. The number of aryl methyl sites for hydroxylation is 2. The lowest BCUT2D eigenvalue weighted by Gasteiger charge is -2.14. The van der Waals surface area contributed by atoms with Crippen molar-refractivity contribution in [1.29, 1.82) is 0 Å². The monoisotopic (exact) mass is 364 g/mol. The van der Waals surface area contributed by atoms with Gasteiger partial charge in [0.05, 0.1) is 12.2 Å². The van der Waals surface area contributed by atoms with Gasteiger partial charge in [-0.2, -0.15) is 5.10 Å². The van der Waals surface area contributed by atoms with Crippen LogP contribution in [-0.2, 0) is 13.0 Å². The molecule has 1 aromatic carbocycles. The van der Waals surface area contributed by atoms with Crippen LogP contribution in [0.5, 0.6) is 0 Å². The minimum atomic E-state index is -0.109. The van der Waals surface area contributed by atoms with E-state index in [-0.39, 0.29) is 11.9 Å². The molecule has 27 heavy (non-hydrogen) atoms. The quantitative estimate of drug-likeness (QED) is 0.697. The van der Waals surface area contributed by atoms with Crippen molar-refractivity contribution in [2.45, 2.75) is 46.2 Å². The molecule has 1 atom stereocenters. The number of nitrogens with zero attached hydrogens (tertiary/aromatic N) is 5. The summed E-state index contributed by atoms with van der Waals surface area (Å²) in [6, 6.07) is 7.50. The summed E-state index contributed by atoms with van der Waals surface area (Å²) in [5, 5.41) is 7.04. The molecule has 0 aliphatic carbocycles. The van der Waals surface area contributed by atoms with Crippen molar-refractivity contribution in [3.63, 3.8) is 0 Å². The van der Waals surface area contributed by atoms with Crippen LogP contribution in [-0.4, -0.2) is 36.7 Å². The highest BCUT2D eigenvalue weighted by molar-refractivity contribution is 5.94.